The van der Waals surface area contributed by atoms with Crippen molar-refractivity contribution in [1.29, 1.82) is 0 Å². The molecule has 0 radical (unpaired) electrons. The van der Waals surface area contributed by atoms with Gasteiger partial charge in [-0.2, -0.15) is 0 Å². The predicted octanol–water partition coefficient (Wildman–Crippen LogP) is 3.77. The Balaban J connectivity index is 2.32. The zero-order chi connectivity index (χ0) is 13.1. The molecule has 0 aliphatic heterocycles. The van der Waals surface area contributed by atoms with Crippen LogP contribution < -0.4 is 4.90 Å². The molecule has 1 amide bonds. The van der Waals surface area contributed by atoms with E-state index in [4.69, 9.17) is 11.6 Å². The number of hydrogen-bond donors (Lipinski definition) is 0. The van der Waals surface area contributed by atoms with Crippen molar-refractivity contribution in [1.82, 2.24) is 4.98 Å². The number of carbonyl (C=O) groups is 1. The van der Waals surface area contributed by atoms with Crippen molar-refractivity contribution in [3.63, 3.8) is 0 Å². The smallest absolute Gasteiger partial charge is 0.259 e. The van der Waals surface area contributed by atoms with Crippen LogP contribution in [0.2, 0.25) is 5.02 Å². The van der Waals surface area contributed by atoms with Gasteiger partial charge < -0.3 is 4.90 Å². The van der Waals surface area contributed by atoms with Gasteiger partial charge in [-0.3, -0.25) is 9.78 Å². The molecule has 0 aliphatic rings. The molecule has 5 heteroatoms. The fourth-order valence-electron chi connectivity index (χ4n) is 1.51. The van der Waals surface area contributed by atoms with Crippen molar-refractivity contribution < 1.29 is 4.79 Å². The molecule has 0 aliphatic carbocycles. The number of carbonyl (C=O) groups excluding carboxylic acids is 1. The molecule has 0 saturated carbocycles. The first-order valence-electron chi connectivity index (χ1n) is 5.22. The van der Waals surface area contributed by atoms with Gasteiger partial charge in [0.15, 0.2) is 0 Å². The second-order valence-electron chi connectivity index (χ2n) is 3.70. The Bertz CT molecular complexity index is 574. The molecule has 2 rings (SSSR count). The second kappa shape index (κ2) is 5.50. The lowest BCUT2D eigenvalue weighted by Crippen LogP contribution is -2.26. The molecule has 0 N–H and O–H groups in total. The molecule has 1 aromatic carbocycles. The Labute approximate surface area is 119 Å². The second-order valence-corrected chi connectivity index (χ2v) is 4.99. The average molecular weight is 326 g/mol. The SMILES string of the molecule is CN(C(=O)c1ccc(Cl)cc1Br)c1cccnc1. The van der Waals surface area contributed by atoms with Crippen molar-refractivity contribution in [2.75, 3.05) is 11.9 Å². The standard InChI is InChI=1S/C13H10BrClN2O/c1-17(10-3-2-6-16-8-10)13(18)11-5-4-9(15)7-12(11)14/h2-8H,1H3. The summed E-state index contributed by atoms with van der Waals surface area (Å²) in [6.45, 7) is 0. The molecule has 18 heavy (non-hydrogen) atoms. The highest BCUT2D eigenvalue weighted by atomic mass is 79.9. The van der Waals surface area contributed by atoms with Gasteiger partial charge in [-0.1, -0.05) is 11.6 Å². The Hall–Kier alpha value is -1.39. The highest BCUT2D eigenvalue weighted by Gasteiger charge is 2.16. The molecule has 3 nitrogen and oxygen atoms in total. The summed E-state index contributed by atoms with van der Waals surface area (Å²) in [5.41, 5.74) is 1.30. The maximum absolute atomic E-state index is 12.3. The first kappa shape index (κ1) is 13.1. The van der Waals surface area contributed by atoms with Gasteiger partial charge in [0.05, 0.1) is 17.4 Å². The van der Waals surface area contributed by atoms with E-state index in [0.717, 1.165) is 5.69 Å². The maximum Gasteiger partial charge on any atom is 0.259 e. The number of rotatable bonds is 2. The zero-order valence-electron chi connectivity index (χ0n) is 9.60. The van der Waals surface area contributed by atoms with E-state index in [1.54, 1.807) is 48.6 Å². The lowest BCUT2D eigenvalue weighted by Gasteiger charge is -2.17. The Morgan fingerprint density at radius 3 is 2.78 bits per heavy atom. The maximum atomic E-state index is 12.3. The third-order valence-electron chi connectivity index (χ3n) is 2.50. The van der Waals surface area contributed by atoms with Crippen LogP contribution >= 0.6 is 27.5 Å². The number of pyridine rings is 1. The van der Waals surface area contributed by atoms with Gasteiger partial charge in [0, 0.05) is 22.7 Å². The fourth-order valence-corrected chi connectivity index (χ4v) is 2.37. The van der Waals surface area contributed by atoms with E-state index in [9.17, 15) is 4.79 Å². The van der Waals surface area contributed by atoms with Crippen LogP contribution in [0.15, 0.2) is 47.2 Å². The molecular weight excluding hydrogens is 316 g/mol. The first-order chi connectivity index (χ1) is 8.59. The Kier molecular flexibility index (Phi) is 3.99. The third kappa shape index (κ3) is 2.71. The molecule has 0 bridgehead atoms. The van der Waals surface area contributed by atoms with Gasteiger partial charge in [-0.25, -0.2) is 0 Å². The quantitative estimate of drug-likeness (QED) is 0.842. The van der Waals surface area contributed by atoms with E-state index >= 15 is 0 Å². The molecule has 2 aromatic rings. The number of nitrogens with zero attached hydrogens (tertiary/aromatic N) is 2. The van der Waals surface area contributed by atoms with E-state index < -0.39 is 0 Å². The number of benzene rings is 1. The summed E-state index contributed by atoms with van der Waals surface area (Å²) in [5.74, 6) is -0.119. The number of anilines is 1. The number of hydrogen-bond acceptors (Lipinski definition) is 2. The third-order valence-corrected chi connectivity index (χ3v) is 3.39. The molecule has 0 unspecified atom stereocenters. The normalized spacial score (nSPS) is 10.2. The first-order valence-corrected chi connectivity index (χ1v) is 6.40. The molecule has 0 atom stereocenters. The summed E-state index contributed by atoms with van der Waals surface area (Å²) in [6, 6.07) is 8.70. The van der Waals surface area contributed by atoms with Gasteiger partial charge >= 0.3 is 0 Å². The van der Waals surface area contributed by atoms with E-state index in [2.05, 4.69) is 20.9 Å². The van der Waals surface area contributed by atoms with Crippen LogP contribution in [0, 0.1) is 0 Å². The summed E-state index contributed by atoms with van der Waals surface area (Å²) < 4.78 is 0.677. The van der Waals surface area contributed by atoms with Crippen LogP contribution in [-0.4, -0.2) is 17.9 Å². The van der Waals surface area contributed by atoms with Crippen molar-refractivity contribution in [2.45, 2.75) is 0 Å². The minimum Gasteiger partial charge on any atom is -0.310 e. The average Bonchev–Trinajstić information content (AvgIpc) is 2.38. The van der Waals surface area contributed by atoms with Crippen LogP contribution in [0.1, 0.15) is 10.4 Å². The monoisotopic (exact) mass is 324 g/mol. The van der Waals surface area contributed by atoms with Gasteiger partial charge in [0.25, 0.3) is 5.91 Å². The summed E-state index contributed by atoms with van der Waals surface area (Å²) in [5, 5.41) is 0.586. The van der Waals surface area contributed by atoms with Gasteiger partial charge in [0.2, 0.25) is 0 Å². The van der Waals surface area contributed by atoms with Crippen LogP contribution in [-0.2, 0) is 0 Å². The summed E-state index contributed by atoms with van der Waals surface area (Å²) in [4.78, 5) is 17.8. The van der Waals surface area contributed by atoms with Crippen molar-refractivity contribution in [2.24, 2.45) is 0 Å². The van der Waals surface area contributed by atoms with Crippen LogP contribution in [0.5, 0.6) is 0 Å². The van der Waals surface area contributed by atoms with Crippen molar-refractivity contribution in [3.05, 3.63) is 57.8 Å². The molecule has 0 fully saturated rings. The molecule has 1 heterocycles. The summed E-state index contributed by atoms with van der Waals surface area (Å²) in [7, 11) is 1.71. The minimum atomic E-state index is -0.119. The topological polar surface area (TPSA) is 33.2 Å². The molecular formula is C13H10BrClN2O. The van der Waals surface area contributed by atoms with Crippen molar-refractivity contribution >= 4 is 39.1 Å². The zero-order valence-corrected chi connectivity index (χ0v) is 11.9. The lowest BCUT2D eigenvalue weighted by atomic mass is 10.2. The molecule has 1 aromatic heterocycles. The Morgan fingerprint density at radius 1 is 1.39 bits per heavy atom. The van der Waals surface area contributed by atoms with Crippen LogP contribution in [0.25, 0.3) is 0 Å². The highest BCUT2D eigenvalue weighted by molar-refractivity contribution is 9.10. The fraction of sp³-hybridized carbons (Fsp3) is 0.0769. The van der Waals surface area contributed by atoms with E-state index in [1.165, 1.54) is 0 Å². The highest BCUT2D eigenvalue weighted by Crippen LogP contribution is 2.24. The predicted molar refractivity (Wildman–Crippen MR) is 76.1 cm³/mol. The van der Waals surface area contributed by atoms with E-state index in [-0.39, 0.29) is 5.91 Å². The van der Waals surface area contributed by atoms with Gasteiger partial charge in [-0.15, -0.1) is 0 Å². The molecule has 92 valence electrons. The van der Waals surface area contributed by atoms with E-state index in [1.807, 2.05) is 6.07 Å². The van der Waals surface area contributed by atoms with Crippen LogP contribution in [0.4, 0.5) is 5.69 Å². The Morgan fingerprint density at radius 2 is 2.17 bits per heavy atom. The lowest BCUT2D eigenvalue weighted by molar-refractivity contribution is 0.0992. The number of halogens is 2. The number of amides is 1. The minimum absolute atomic E-state index is 0.119. The van der Waals surface area contributed by atoms with Crippen molar-refractivity contribution in [3.8, 4) is 0 Å². The summed E-state index contributed by atoms with van der Waals surface area (Å²) >= 11 is 9.19. The van der Waals surface area contributed by atoms with Gasteiger partial charge in [-0.05, 0) is 46.3 Å². The molecule has 0 spiro atoms. The van der Waals surface area contributed by atoms with E-state index in [0.29, 0.717) is 15.1 Å². The number of aromatic nitrogens is 1. The summed E-state index contributed by atoms with van der Waals surface area (Å²) in [6.07, 6.45) is 3.31. The van der Waals surface area contributed by atoms with Crippen LogP contribution in [0.3, 0.4) is 0 Å². The van der Waals surface area contributed by atoms with Gasteiger partial charge in [0.1, 0.15) is 0 Å². The molecule has 0 saturated heterocycles. The largest absolute Gasteiger partial charge is 0.310 e.